The van der Waals surface area contributed by atoms with E-state index < -0.39 is 64.7 Å². The van der Waals surface area contributed by atoms with Crippen LogP contribution in [-0.4, -0.2) is 119 Å². The van der Waals surface area contributed by atoms with E-state index in [-0.39, 0.29) is 93.7 Å². The van der Waals surface area contributed by atoms with Crippen molar-refractivity contribution in [3.05, 3.63) is 129 Å². The number of β-amino-alcohol motifs (C(OH)–C–C–N with tert-alkyl or cyclic N) is 1. The molecule has 22 heteroatoms. The summed E-state index contributed by atoms with van der Waals surface area (Å²) in [5, 5.41) is 22.9. The first kappa shape index (κ1) is 55.8. The number of anilines is 2. The van der Waals surface area contributed by atoms with Crippen molar-refractivity contribution in [3.8, 4) is 28.0 Å². The summed E-state index contributed by atoms with van der Waals surface area (Å²) in [5.74, 6) is -1.22. The molecular weight excluding hydrogens is 1040 g/mol. The van der Waals surface area contributed by atoms with Gasteiger partial charge in [-0.05, 0) is 98.6 Å². The van der Waals surface area contributed by atoms with E-state index in [2.05, 4.69) is 15.1 Å². The van der Waals surface area contributed by atoms with Crippen molar-refractivity contribution >= 4 is 69.4 Å². The molecule has 4 heterocycles. The van der Waals surface area contributed by atoms with Gasteiger partial charge in [-0.1, -0.05) is 44.2 Å². The number of aromatic nitrogens is 1. The van der Waals surface area contributed by atoms with Crippen LogP contribution >= 0.6 is 23.6 Å². The Bertz CT molecular complexity index is 3160. The van der Waals surface area contributed by atoms with Gasteiger partial charge in [-0.25, -0.2) is 9.83 Å². The second kappa shape index (κ2) is 23.4. The second-order valence-corrected chi connectivity index (χ2v) is 20.5. The van der Waals surface area contributed by atoms with Crippen LogP contribution in [0.3, 0.4) is 0 Å². The van der Waals surface area contributed by atoms with Gasteiger partial charge in [-0.2, -0.15) is 18.4 Å². The Hall–Kier alpha value is -7.47. The molecule has 4 amide bonds. The lowest BCUT2D eigenvalue weighted by Crippen LogP contribution is -2.55. The first-order chi connectivity index (χ1) is 36.7. The first-order valence-corrected chi connectivity index (χ1v) is 25.9. The number of hydrogen-bond donors (Lipinski definition) is 2. The molecule has 0 aliphatic carbocycles. The highest BCUT2D eigenvalue weighted by Gasteiger charge is 2.51. The molecule has 2 N–H and O–H groups in total. The minimum absolute atomic E-state index is 0.0145. The number of nitriles is 1. The van der Waals surface area contributed by atoms with E-state index in [4.69, 9.17) is 37.7 Å². The van der Waals surface area contributed by atoms with Crippen molar-refractivity contribution in [1.29, 1.82) is 5.26 Å². The summed E-state index contributed by atoms with van der Waals surface area (Å²) in [6, 6.07) is 20.1. The van der Waals surface area contributed by atoms with E-state index in [0.717, 1.165) is 33.2 Å². The number of amides is 4. The van der Waals surface area contributed by atoms with Crippen molar-refractivity contribution in [2.45, 2.75) is 84.0 Å². The normalized spacial score (nSPS) is 17.4. The molecule has 0 unspecified atom stereocenters. The van der Waals surface area contributed by atoms with Gasteiger partial charge in [0.15, 0.2) is 10.8 Å². The summed E-state index contributed by atoms with van der Waals surface area (Å²) in [4.78, 5) is 69.8. The molecule has 3 aliphatic rings. The van der Waals surface area contributed by atoms with Gasteiger partial charge in [0.05, 0.1) is 83.6 Å². The van der Waals surface area contributed by atoms with E-state index in [0.29, 0.717) is 28.3 Å². The van der Waals surface area contributed by atoms with E-state index in [1.807, 2.05) is 39.0 Å². The van der Waals surface area contributed by atoms with Crippen LogP contribution in [0.15, 0.2) is 84.4 Å². The van der Waals surface area contributed by atoms with Gasteiger partial charge in [0.25, 0.3) is 5.91 Å². The molecule has 0 bridgehead atoms. The lowest BCUT2D eigenvalue weighted by Gasteiger charge is -2.35. The van der Waals surface area contributed by atoms with Crippen molar-refractivity contribution in [2.75, 3.05) is 56.0 Å². The summed E-state index contributed by atoms with van der Waals surface area (Å²) in [7, 11) is 0. The molecule has 0 spiro atoms. The lowest BCUT2D eigenvalue weighted by atomic mass is 10.00. The topological polar surface area (TPSA) is 191 Å². The maximum atomic E-state index is 14.3. The monoisotopic (exact) mass is 1090 g/mol. The van der Waals surface area contributed by atoms with Crippen LogP contribution in [0.1, 0.15) is 72.4 Å². The number of alkyl halides is 3. The quantitative estimate of drug-likeness (QED) is 0.0431. The van der Waals surface area contributed by atoms with Crippen molar-refractivity contribution < 1.29 is 56.4 Å². The second-order valence-electron chi connectivity index (χ2n) is 19.3. The molecule has 5 aromatic rings. The first-order valence-electron chi connectivity index (χ1n) is 24.7. The Morgan fingerprint density at radius 2 is 1.68 bits per heavy atom. The zero-order valence-electron chi connectivity index (χ0n) is 42.8. The highest BCUT2D eigenvalue weighted by Crippen LogP contribution is 2.41. The number of aliphatic hydroxyl groups is 1. The van der Waals surface area contributed by atoms with Gasteiger partial charge in [-0.3, -0.25) is 24.1 Å². The van der Waals surface area contributed by atoms with E-state index in [1.165, 1.54) is 27.2 Å². The van der Waals surface area contributed by atoms with Gasteiger partial charge >= 0.3 is 6.18 Å². The van der Waals surface area contributed by atoms with Crippen LogP contribution in [0.5, 0.6) is 11.5 Å². The molecule has 1 aromatic heterocycles. The van der Waals surface area contributed by atoms with Gasteiger partial charge in [0.2, 0.25) is 17.7 Å². The zero-order valence-corrected chi connectivity index (χ0v) is 44.4. The van der Waals surface area contributed by atoms with Crippen LogP contribution in [0.2, 0.25) is 0 Å². The van der Waals surface area contributed by atoms with Crippen LogP contribution in [0.4, 0.5) is 30.2 Å². The number of aryl methyl sites for hydroxylation is 1. The van der Waals surface area contributed by atoms with E-state index in [1.54, 1.807) is 72.8 Å². The number of carbonyl (C=O) groups is 4. The molecule has 0 saturated carbocycles. The van der Waals surface area contributed by atoms with Crippen molar-refractivity contribution in [3.63, 3.8) is 0 Å². The number of aliphatic hydroxyl groups excluding tert-OH is 1. The van der Waals surface area contributed by atoms with Crippen LogP contribution in [-0.2, 0) is 43.1 Å². The third-order valence-corrected chi connectivity index (χ3v) is 14.8. The summed E-state index contributed by atoms with van der Waals surface area (Å²) >= 11 is 7.12. The number of nitrogens with one attached hydrogen (secondary N) is 1. The summed E-state index contributed by atoms with van der Waals surface area (Å²) in [5.41, 5.74) is 2.72. The molecule has 2 fully saturated rings. The maximum Gasteiger partial charge on any atom is 0.417 e. The standard InChI is InChI=1S/C55H55F3N8O9S2/c1-32(2)47(64-29-37-8-7-9-43(60-6)46(37)50(64)69)51(70)63-30-40(67)26-44(63)49(68)61-28-36-11-10-34(48-33(3)62-31-77-48)24-45(36)75-23-21-73-19-18-72-20-22-74-41-16-14-38(15-17-41)66-53(76)65(52(71)54(66,4)5)39-13-12-35(27-59)42(25-39)55(56,57)58/h7-17,24-25,31-32,40,44,47,67H,18-23,26,28-30H2,1-5H3,(H,61,68)/t40-,44+,47+/m1/s1. The SMILES string of the molecule is [C-]#[N+]c1cccc2c1C(=O)N([C@H](C(=O)N1C[C@H](O)C[C@H]1C(=O)NCc1ccc(-c3scnc3C)cc1OCCOCCOCCOc1ccc(N3C(=S)N(c4ccc(C#N)c(C(F)(F)F)c4)C(=O)C3(C)C)cc1)C(C)C)C2. The molecule has 0 radical (unpaired) electrons. The number of carbonyl (C=O) groups excluding carboxylic acids is 4. The van der Waals surface area contributed by atoms with Gasteiger partial charge in [0, 0.05) is 37.3 Å². The van der Waals surface area contributed by atoms with Crippen molar-refractivity contribution in [2.24, 2.45) is 5.92 Å². The largest absolute Gasteiger partial charge is 0.491 e. The molecule has 4 aromatic carbocycles. The number of benzene rings is 4. The minimum Gasteiger partial charge on any atom is -0.491 e. The highest BCUT2D eigenvalue weighted by atomic mass is 32.1. The Balaban J connectivity index is 0.803. The highest BCUT2D eigenvalue weighted by molar-refractivity contribution is 7.81. The van der Waals surface area contributed by atoms with E-state index in [9.17, 15) is 42.7 Å². The fraction of sp³-hybridized carbons (Fsp3) is 0.382. The number of thiazole rings is 1. The number of halogens is 3. The number of hydrogen-bond acceptors (Lipinski definition) is 13. The average Bonchev–Trinajstić information content (AvgIpc) is 4.28. The molecule has 77 heavy (non-hydrogen) atoms. The number of ether oxygens (including phenoxy) is 4. The summed E-state index contributed by atoms with van der Waals surface area (Å²) in [6.07, 6.45) is -5.76. The lowest BCUT2D eigenvalue weighted by molar-refractivity contribution is -0.143. The zero-order chi connectivity index (χ0) is 55.3. The van der Waals surface area contributed by atoms with Gasteiger partial charge in [0.1, 0.15) is 42.3 Å². The van der Waals surface area contributed by atoms with Crippen LogP contribution < -0.4 is 24.6 Å². The minimum atomic E-state index is -4.82. The predicted octanol–water partition coefficient (Wildman–Crippen LogP) is 8.23. The Labute approximate surface area is 452 Å². The Morgan fingerprint density at radius 1 is 0.987 bits per heavy atom. The summed E-state index contributed by atoms with van der Waals surface area (Å²) < 4.78 is 64.9. The third-order valence-electron chi connectivity index (χ3n) is 13.5. The third kappa shape index (κ3) is 11.8. The Kier molecular flexibility index (Phi) is 17.0. The number of fused-ring (bicyclic) bond motifs is 1. The molecule has 17 nitrogen and oxygen atoms in total. The molecule has 8 rings (SSSR count). The number of nitrogens with zero attached hydrogens (tertiary/aromatic N) is 7. The average molecular weight is 1090 g/mol. The number of thiocarbonyl (C=S) groups is 1. The van der Waals surface area contributed by atoms with E-state index >= 15 is 0 Å². The fourth-order valence-corrected chi connectivity index (χ4v) is 11.0. The molecule has 402 valence electrons. The number of likely N-dealkylation sites (tertiary alicyclic amines) is 1. The molecule has 3 aliphatic heterocycles. The van der Waals surface area contributed by atoms with Gasteiger partial charge in [-0.15, -0.1) is 11.3 Å². The molecule has 2 saturated heterocycles. The maximum absolute atomic E-state index is 14.3. The molecule has 3 atom stereocenters. The predicted molar refractivity (Wildman–Crippen MR) is 283 cm³/mol. The smallest absolute Gasteiger partial charge is 0.417 e. The van der Waals surface area contributed by atoms with Crippen molar-refractivity contribution in [1.82, 2.24) is 20.1 Å². The fourth-order valence-electron chi connectivity index (χ4n) is 9.69. The van der Waals surface area contributed by atoms with Gasteiger partial charge < -0.3 is 44.1 Å². The summed E-state index contributed by atoms with van der Waals surface area (Å²) in [6.45, 7) is 17.8. The Morgan fingerprint density at radius 3 is 2.32 bits per heavy atom. The number of rotatable bonds is 20. The molecular formula is C55H55F3N8O9S2. The van der Waals surface area contributed by atoms with Crippen LogP contribution in [0.25, 0.3) is 15.3 Å². The van der Waals surface area contributed by atoms with Crippen LogP contribution in [0, 0.1) is 30.7 Å².